The van der Waals surface area contributed by atoms with Gasteiger partial charge in [-0.2, -0.15) is 0 Å². The van der Waals surface area contributed by atoms with Gasteiger partial charge < -0.3 is 5.73 Å². The van der Waals surface area contributed by atoms with E-state index in [4.69, 9.17) is 40.5 Å². The summed E-state index contributed by atoms with van der Waals surface area (Å²) in [5, 5.41) is 1.65. The van der Waals surface area contributed by atoms with Crippen molar-refractivity contribution in [2.24, 2.45) is 0 Å². The highest BCUT2D eigenvalue weighted by Crippen LogP contribution is 2.32. The van der Waals surface area contributed by atoms with Crippen LogP contribution in [-0.2, 0) is 0 Å². The summed E-state index contributed by atoms with van der Waals surface area (Å²) in [7, 11) is 0. The molecule has 0 atom stereocenters. The van der Waals surface area contributed by atoms with Gasteiger partial charge in [-0.15, -0.1) is 0 Å². The summed E-state index contributed by atoms with van der Waals surface area (Å²) in [6.45, 7) is 0. The van der Waals surface area contributed by atoms with Crippen LogP contribution in [0.3, 0.4) is 0 Å². The number of rotatable bonds is 1. The van der Waals surface area contributed by atoms with Crippen molar-refractivity contribution in [2.75, 3.05) is 5.73 Å². The first-order valence-corrected chi connectivity index (χ1v) is 5.72. The van der Waals surface area contributed by atoms with Crippen LogP contribution in [0, 0.1) is 0 Å². The first-order valence-electron chi connectivity index (χ1n) is 4.58. The van der Waals surface area contributed by atoms with E-state index in [9.17, 15) is 0 Å². The first kappa shape index (κ1) is 11.6. The summed E-state index contributed by atoms with van der Waals surface area (Å²) in [6, 6.07) is 10.7. The van der Waals surface area contributed by atoms with Gasteiger partial charge in [0, 0.05) is 16.3 Å². The maximum absolute atomic E-state index is 5.95. The lowest BCUT2D eigenvalue weighted by Gasteiger charge is -2.07. The predicted octanol–water partition coefficient (Wildman–Crippen LogP) is 4.90. The van der Waals surface area contributed by atoms with Crippen molar-refractivity contribution >= 4 is 40.5 Å². The zero-order chi connectivity index (χ0) is 11.7. The van der Waals surface area contributed by atoms with Crippen LogP contribution in [0.5, 0.6) is 0 Å². The molecule has 4 heteroatoms. The molecule has 0 aliphatic rings. The van der Waals surface area contributed by atoms with E-state index >= 15 is 0 Å². The maximum atomic E-state index is 5.95. The first-order chi connectivity index (χ1) is 7.58. The topological polar surface area (TPSA) is 26.0 Å². The zero-order valence-electron chi connectivity index (χ0n) is 8.18. The van der Waals surface area contributed by atoms with Crippen molar-refractivity contribution in [1.82, 2.24) is 0 Å². The Morgan fingerprint density at radius 1 is 0.812 bits per heavy atom. The van der Waals surface area contributed by atoms with Crippen LogP contribution >= 0.6 is 34.8 Å². The summed E-state index contributed by atoms with van der Waals surface area (Å²) in [4.78, 5) is 0. The minimum absolute atomic E-state index is 0.508. The second-order valence-electron chi connectivity index (χ2n) is 3.36. The van der Waals surface area contributed by atoms with E-state index in [-0.39, 0.29) is 0 Å². The molecule has 0 aromatic heterocycles. The highest BCUT2D eigenvalue weighted by molar-refractivity contribution is 6.42. The molecule has 2 aromatic carbocycles. The summed E-state index contributed by atoms with van der Waals surface area (Å²) in [6.07, 6.45) is 0. The van der Waals surface area contributed by atoms with Gasteiger partial charge in [0.1, 0.15) is 0 Å². The molecule has 0 amide bonds. The van der Waals surface area contributed by atoms with Crippen LogP contribution in [0.1, 0.15) is 0 Å². The summed E-state index contributed by atoms with van der Waals surface area (Å²) in [5.41, 5.74) is 8.31. The van der Waals surface area contributed by atoms with Gasteiger partial charge in [0.2, 0.25) is 0 Å². The lowest BCUT2D eigenvalue weighted by molar-refractivity contribution is 1.61. The average Bonchev–Trinajstić information content (AvgIpc) is 2.22. The molecular formula is C12H8Cl3N. The normalized spacial score (nSPS) is 10.4. The quantitative estimate of drug-likeness (QED) is 0.734. The Labute approximate surface area is 109 Å². The molecule has 0 saturated heterocycles. The molecule has 2 rings (SSSR count). The van der Waals surface area contributed by atoms with Crippen molar-refractivity contribution in [3.63, 3.8) is 0 Å². The van der Waals surface area contributed by atoms with Crippen molar-refractivity contribution in [3.8, 4) is 11.1 Å². The van der Waals surface area contributed by atoms with E-state index in [0.717, 1.165) is 11.1 Å². The molecule has 82 valence electrons. The van der Waals surface area contributed by atoms with Crippen LogP contribution in [0.15, 0.2) is 36.4 Å². The lowest BCUT2D eigenvalue weighted by atomic mass is 10.0. The number of nitrogens with two attached hydrogens (primary N) is 1. The number of hydrogen-bond donors (Lipinski definition) is 1. The Balaban J connectivity index is 2.54. The third kappa shape index (κ3) is 2.27. The van der Waals surface area contributed by atoms with Crippen molar-refractivity contribution in [3.05, 3.63) is 51.5 Å². The highest BCUT2D eigenvalue weighted by Gasteiger charge is 2.05. The monoisotopic (exact) mass is 271 g/mol. The van der Waals surface area contributed by atoms with Crippen LogP contribution in [0.4, 0.5) is 5.69 Å². The third-order valence-electron chi connectivity index (χ3n) is 2.24. The van der Waals surface area contributed by atoms with Crippen LogP contribution in [-0.4, -0.2) is 0 Å². The predicted molar refractivity (Wildman–Crippen MR) is 71.3 cm³/mol. The van der Waals surface area contributed by atoms with Crippen molar-refractivity contribution in [2.45, 2.75) is 0 Å². The minimum Gasteiger partial charge on any atom is -0.398 e. The molecule has 0 spiro atoms. The molecular weight excluding hydrogens is 264 g/mol. The molecule has 0 bridgehead atoms. The minimum atomic E-state index is 0.508. The van der Waals surface area contributed by atoms with Gasteiger partial charge in [0.25, 0.3) is 0 Å². The largest absolute Gasteiger partial charge is 0.398 e. The molecule has 0 saturated carbocycles. The van der Waals surface area contributed by atoms with Gasteiger partial charge in [-0.05, 0) is 29.8 Å². The Morgan fingerprint density at radius 3 is 2.19 bits per heavy atom. The molecule has 1 nitrogen and oxygen atoms in total. The number of anilines is 1. The Hall–Kier alpha value is -0.890. The van der Waals surface area contributed by atoms with E-state index in [1.807, 2.05) is 12.1 Å². The Bertz CT molecular complexity index is 538. The van der Waals surface area contributed by atoms with Gasteiger partial charge in [-0.25, -0.2) is 0 Å². The lowest BCUT2D eigenvalue weighted by Crippen LogP contribution is -1.89. The zero-order valence-corrected chi connectivity index (χ0v) is 10.4. The molecule has 0 aliphatic carbocycles. The highest BCUT2D eigenvalue weighted by atomic mass is 35.5. The molecule has 0 unspecified atom stereocenters. The number of halogens is 3. The molecule has 16 heavy (non-hydrogen) atoms. The van der Waals surface area contributed by atoms with Gasteiger partial charge in [-0.3, -0.25) is 0 Å². The van der Waals surface area contributed by atoms with E-state index in [1.54, 1.807) is 24.3 Å². The summed E-state index contributed by atoms with van der Waals surface area (Å²) < 4.78 is 0. The fourth-order valence-electron chi connectivity index (χ4n) is 1.46. The van der Waals surface area contributed by atoms with E-state index in [2.05, 4.69) is 0 Å². The van der Waals surface area contributed by atoms with Crippen molar-refractivity contribution < 1.29 is 0 Å². The smallest absolute Gasteiger partial charge is 0.0598 e. The maximum Gasteiger partial charge on any atom is 0.0598 e. The number of hydrogen-bond acceptors (Lipinski definition) is 1. The van der Waals surface area contributed by atoms with E-state index in [1.165, 1.54) is 0 Å². The van der Waals surface area contributed by atoms with Gasteiger partial charge in [0.05, 0.1) is 10.0 Å². The van der Waals surface area contributed by atoms with Crippen molar-refractivity contribution in [1.29, 1.82) is 0 Å². The SMILES string of the molecule is Nc1cc(Cl)ccc1-c1ccc(Cl)c(Cl)c1. The fourth-order valence-corrected chi connectivity index (χ4v) is 1.94. The van der Waals surface area contributed by atoms with Crippen LogP contribution in [0.2, 0.25) is 15.1 Å². The van der Waals surface area contributed by atoms with Gasteiger partial charge in [-0.1, -0.05) is 46.9 Å². The molecule has 2 aromatic rings. The Kier molecular flexibility index (Phi) is 3.29. The molecule has 0 radical (unpaired) electrons. The average molecular weight is 273 g/mol. The van der Waals surface area contributed by atoms with Gasteiger partial charge in [0.15, 0.2) is 0 Å². The molecule has 2 N–H and O–H groups in total. The molecule has 0 heterocycles. The molecule has 0 fully saturated rings. The Morgan fingerprint density at radius 2 is 1.56 bits per heavy atom. The van der Waals surface area contributed by atoms with Crippen LogP contribution < -0.4 is 5.73 Å². The van der Waals surface area contributed by atoms with E-state index < -0.39 is 0 Å². The van der Waals surface area contributed by atoms with E-state index in [0.29, 0.717) is 20.8 Å². The van der Waals surface area contributed by atoms with Crippen LogP contribution in [0.25, 0.3) is 11.1 Å². The standard InChI is InChI=1S/C12H8Cl3N/c13-8-2-3-9(12(16)6-8)7-1-4-10(14)11(15)5-7/h1-6H,16H2. The molecule has 0 aliphatic heterocycles. The second kappa shape index (κ2) is 4.54. The number of nitrogen functional groups attached to an aromatic ring is 1. The van der Waals surface area contributed by atoms with Gasteiger partial charge >= 0.3 is 0 Å². The third-order valence-corrected chi connectivity index (χ3v) is 3.22. The summed E-state index contributed by atoms with van der Waals surface area (Å²) >= 11 is 17.6. The second-order valence-corrected chi connectivity index (χ2v) is 4.61. The summed E-state index contributed by atoms with van der Waals surface area (Å²) in [5.74, 6) is 0. The number of benzene rings is 2. The fraction of sp³-hybridized carbons (Fsp3) is 0.